The van der Waals surface area contributed by atoms with Gasteiger partial charge >= 0.3 is 5.91 Å². The number of aliphatic hydroxyl groups excluding tert-OH is 1. The average Bonchev–Trinajstić information content (AvgIpc) is 3.47. The number of nitrogens with zero attached hydrogens (tertiary/aromatic N) is 3. The van der Waals surface area contributed by atoms with Crippen LogP contribution < -0.4 is 9.64 Å². The van der Waals surface area contributed by atoms with E-state index < -0.39 is 17.7 Å². The monoisotopic (exact) mass is 553 g/mol. The van der Waals surface area contributed by atoms with E-state index in [1.165, 1.54) is 16.2 Å². The first-order chi connectivity index (χ1) is 19.0. The molecule has 5 rings (SSSR count). The number of rotatable bonds is 6. The van der Waals surface area contributed by atoms with Crippen LogP contribution in [-0.4, -0.2) is 27.0 Å². The Hall–Kier alpha value is -4.30. The maximum Gasteiger partial charge on any atom is 0.301 e. The number of ether oxygens (including phenoxy) is 1. The van der Waals surface area contributed by atoms with E-state index in [-0.39, 0.29) is 16.7 Å². The first kappa shape index (κ1) is 27.3. The van der Waals surface area contributed by atoms with Crippen LogP contribution in [0.15, 0.2) is 78.4 Å². The van der Waals surface area contributed by atoms with E-state index in [1.54, 1.807) is 31.2 Å². The summed E-state index contributed by atoms with van der Waals surface area (Å²) >= 11 is 1.22. The lowest BCUT2D eigenvalue weighted by Gasteiger charge is -2.24. The lowest BCUT2D eigenvalue weighted by molar-refractivity contribution is -0.132. The number of aliphatic hydroxyl groups is 1. The van der Waals surface area contributed by atoms with Crippen LogP contribution in [0.2, 0.25) is 0 Å². The Morgan fingerprint density at radius 3 is 2.27 bits per heavy atom. The molecular weight excluding hydrogens is 522 g/mol. The molecule has 40 heavy (non-hydrogen) atoms. The van der Waals surface area contributed by atoms with Gasteiger partial charge in [0, 0.05) is 5.56 Å². The molecule has 7 nitrogen and oxygen atoms in total. The zero-order valence-electron chi connectivity index (χ0n) is 23.1. The fourth-order valence-electron chi connectivity index (χ4n) is 4.73. The number of anilines is 1. The fraction of sp³-hybridized carbons (Fsp3) is 0.250. The van der Waals surface area contributed by atoms with Crippen molar-refractivity contribution in [1.82, 2.24) is 10.2 Å². The predicted octanol–water partition coefficient (Wildman–Crippen LogP) is 6.66. The molecule has 0 saturated carbocycles. The second-order valence-electron chi connectivity index (χ2n) is 10.9. The zero-order chi connectivity index (χ0) is 28.6. The van der Waals surface area contributed by atoms with Gasteiger partial charge in [0.1, 0.15) is 23.1 Å². The highest BCUT2D eigenvalue weighted by atomic mass is 32.1. The number of carbonyl (C=O) groups excluding carboxylic acids is 2. The molecule has 4 aromatic rings. The maximum absolute atomic E-state index is 13.4. The van der Waals surface area contributed by atoms with Crippen molar-refractivity contribution in [3.8, 4) is 5.75 Å². The third-order valence-corrected chi connectivity index (χ3v) is 7.71. The number of amides is 1. The first-order valence-corrected chi connectivity index (χ1v) is 13.8. The summed E-state index contributed by atoms with van der Waals surface area (Å²) in [6.07, 6.45) is 0. The highest BCUT2D eigenvalue weighted by Gasteiger charge is 2.48. The number of hydrogen-bond donors (Lipinski definition) is 1. The molecule has 204 valence electrons. The summed E-state index contributed by atoms with van der Waals surface area (Å²) < 4.78 is 5.91. The summed E-state index contributed by atoms with van der Waals surface area (Å²) in [6, 6.07) is 21.8. The third-order valence-electron chi connectivity index (χ3n) is 6.87. The molecule has 1 unspecified atom stereocenters. The number of ketones is 1. The Morgan fingerprint density at radius 2 is 1.68 bits per heavy atom. The van der Waals surface area contributed by atoms with Crippen molar-refractivity contribution in [3.05, 3.63) is 111 Å². The molecule has 1 amide bonds. The summed E-state index contributed by atoms with van der Waals surface area (Å²) in [5.74, 6) is -1.15. The minimum absolute atomic E-state index is 0.00907. The Labute approximate surface area is 237 Å². The molecule has 3 aromatic carbocycles. The smallest absolute Gasteiger partial charge is 0.301 e. The van der Waals surface area contributed by atoms with Gasteiger partial charge in [-0.25, -0.2) is 0 Å². The first-order valence-electron chi connectivity index (χ1n) is 13.0. The molecule has 1 saturated heterocycles. The van der Waals surface area contributed by atoms with Crippen molar-refractivity contribution >= 4 is 33.9 Å². The number of aryl methyl sites for hydroxylation is 2. The number of Topliss-reactive ketones (excluding diaryl/α,β-unsaturated/α-hetero) is 1. The molecule has 0 aliphatic carbocycles. The van der Waals surface area contributed by atoms with Crippen molar-refractivity contribution < 1.29 is 19.4 Å². The summed E-state index contributed by atoms with van der Waals surface area (Å²) in [5, 5.41) is 20.6. The van der Waals surface area contributed by atoms with Gasteiger partial charge in [-0.15, -0.1) is 10.2 Å². The molecule has 1 aliphatic heterocycles. The minimum Gasteiger partial charge on any atom is -0.507 e. The van der Waals surface area contributed by atoms with E-state index in [9.17, 15) is 14.7 Å². The Balaban J connectivity index is 1.51. The van der Waals surface area contributed by atoms with E-state index in [0.29, 0.717) is 33.6 Å². The van der Waals surface area contributed by atoms with E-state index in [0.717, 1.165) is 16.7 Å². The predicted molar refractivity (Wildman–Crippen MR) is 157 cm³/mol. The Bertz CT molecular complexity index is 1600. The summed E-state index contributed by atoms with van der Waals surface area (Å²) in [4.78, 5) is 28.1. The average molecular weight is 554 g/mol. The highest BCUT2D eigenvalue weighted by Crippen LogP contribution is 2.43. The van der Waals surface area contributed by atoms with E-state index in [1.807, 2.05) is 49.4 Å². The second-order valence-corrected chi connectivity index (χ2v) is 12.1. The number of hydrogen-bond acceptors (Lipinski definition) is 7. The number of aromatic nitrogens is 2. The van der Waals surface area contributed by atoms with Crippen molar-refractivity contribution in [2.75, 3.05) is 4.90 Å². The van der Waals surface area contributed by atoms with E-state index >= 15 is 0 Å². The molecule has 1 aliphatic rings. The van der Waals surface area contributed by atoms with Crippen LogP contribution in [0.4, 0.5) is 5.13 Å². The molecule has 0 radical (unpaired) electrons. The van der Waals surface area contributed by atoms with Crippen LogP contribution in [0.3, 0.4) is 0 Å². The normalized spacial score (nSPS) is 16.9. The van der Waals surface area contributed by atoms with E-state index in [4.69, 9.17) is 4.74 Å². The second kappa shape index (κ2) is 10.7. The van der Waals surface area contributed by atoms with Gasteiger partial charge in [0.25, 0.3) is 5.78 Å². The van der Waals surface area contributed by atoms with Gasteiger partial charge in [0.05, 0.1) is 11.6 Å². The van der Waals surface area contributed by atoms with Gasteiger partial charge in [0.15, 0.2) is 0 Å². The third kappa shape index (κ3) is 5.40. The fourth-order valence-corrected chi connectivity index (χ4v) is 5.44. The van der Waals surface area contributed by atoms with Crippen LogP contribution in [0, 0.1) is 13.8 Å². The number of benzene rings is 3. The molecule has 1 fully saturated rings. The van der Waals surface area contributed by atoms with Gasteiger partial charge in [0.2, 0.25) is 5.13 Å². The van der Waals surface area contributed by atoms with Crippen LogP contribution in [0.25, 0.3) is 5.76 Å². The summed E-state index contributed by atoms with van der Waals surface area (Å²) in [7, 11) is 0. The molecule has 0 spiro atoms. The number of carbonyl (C=O) groups is 2. The van der Waals surface area contributed by atoms with Crippen molar-refractivity contribution in [3.63, 3.8) is 0 Å². The summed E-state index contributed by atoms with van der Waals surface area (Å²) in [5.41, 5.74) is 4.36. The van der Waals surface area contributed by atoms with E-state index in [2.05, 4.69) is 37.0 Å². The minimum atomic E-state index is -0.849. The van der Waals surface area contributed by atoms with Gasteiger partial charge in [-0.1, -0.05) is 86.2 Å². The zero-order valence-corrected chi connectivity index (χ0v) is 24.0. The van der Waals surface area contributed by atoms with Crippen LogP contribution in [0.5, 0.6) is 5.75 Å². The largest absolute Gasteiger partial charge is 0.507 e. The van der Waals surface area contributed by atoms with Crippen LogP contribution >= 0.6 is 11.3 Å². The van der Waals surface area contributed by atoms with Gasteiger partial charge in [-0.3, -0.25) is 14.5 Å². The Morgan fingerprint density at radius 1 is 0.975 bits per heavy atom. The molecule has 2 heterocycles. The van der Waals surface area contributed by atoms with Crippen LogP contribution in [0.1, 0.15) is 59.6 Å². The molecule has 0 bridgehead atoms. The Kier molecular flexibility index (Phi) is 7.29. The standard InChI is InChI=1S/C32H31N3O4S/c1-19-7-6-8-21(17-19)18-39-25-15-11-23(12-16-25)28(36)26-27(22-9-13-24(14-10-22)32(3,4)5)35(30(38)29(26)37)31-34-33-20(2)40-31/h6-17,27,36H,18H2,1-5H3. The van der Waals surface area contributed by atoms with Gasteiger partial charge < -0.3 is 9.84 Å². The lowest BCUT2D eigenvalue weighted by Crippen LogP contribution is -2.29. The van der Waals surface area contributed by atoms with Gasteiger partial charge in [-0.05, 0) is 60.2 Å². The SMILES string of the molecule is Cc1cccc(COc2ccc(C(O)=C3C(=O)C(=O)N(c4nnc(C)s4)C3c3ccc(C(C)(C)C)cc3)cc2)c1. The quantitative estimate of drug-likeness (QED) is 0.163. The summed E-state index contributed by atoms with van der Waals surface area (Å²) in [6.45, 7) is 10.6. The van der Waals surface area contributed by atoms with Crippen LogP contribution in [-0.2, 0) is 21.6 Å². The van der Waals surface area contributed by atoms with Crippen molar-refractivity contribution in [2.45, 2.75) is 52.7 Å². The maximum atomic E-state index is 13.4. The highest BCUT2D eigenvalue weighted by molar-refractivity contribution is 7.15. The topological polar surface area (TPSA) is 92.6 Å². The van der Waals surface area contributed by atoms with Crippen molar-refractivity contribution in [2.24, 2.45) is 0 Å². The molecular formula is C32H31N3O4S. The molecule has 8 heteroatoms. The van der Waals surface area contributed by atoms with Gasteiger partial charge in [-0.2, -0.15) is 0 Å². The molecule has 1 atom stereocenters. The molecule has 1 aromatic heterocycles. The molecule has 1 N–H and O–H groups in total. The lowest BCUT2D eigenvalue weighted by atomic mass is 9.85. The van der Waals surface area contributed by atoms with Crippen molar-refractivity contribution in [1.29, 1.82) is 0 Å².